The Morgan fingerprint density at radius 1 is 1.17 bits per heavy atom. The summed E-state index contributed by atoms with van der Waals surface area (Å²) in [5, 5.41) is 0. The fourth-order valence-electron chi connectivity index (χ4n) is 4.41. The molecule has 2 aliphatic rings. The Bertz CT molecular complexity index is 1080. The van der Waals surface area contributed by atoms with Crippen molar-refractivity contribution in [2.75, 3.05) is 20.2 Å². The molecule has 0 unspecified atom stereocenters. The molecule has 2 aliphatic heterocycles. The van der Waals surface area contributed by atoms with Crippen LogP contribution in [0.25, 0.3) is 0 Å². The predicted octanol–water partition coefficient (Wildman–Crippen LogP) is 2.69. The molecule has 0 bridgehead atoms. The molecular formula is C22H19N3O4. The summed E-state index contributed by atoms with van der Waals surface area (Å²) in [6.07, 6.45) is 5.01. The van der Waals surface area contributed by atoms with Gasteiger partial charge in [-0.2, -0.15) is 0 Å². The number of aromatic nitrogens is 1. The molecule has 4 heterocycles. The fraction of sp³-hybridized carbons (Fsp3) is 0.227. The van der Waals surface area contributed by atoms with Crippen LogP contribution in [0.3, 0.4) is 0 Å². The van der Waals surface area contributed by atoms with E-state index in [1.54, 1.807) is 41.3 Å². The molecular weight excluding hydrogens is 370 g/mol. The zero-order valence-corrected chi connectivity index (χ0v) is 15.9. The SMILES string of the molecule is COc1ccc([C@@]23Cc4ncccc4C(=O)N2CCN3C(=O)c2ccoc2)cc1. The first-order valence-electron chi connectivity index (χ1n) is 9.40. The summed E-state index contributed by atoms with van der Waals surface area (Å²) in [7, 11) is 1.61. The Balaban J connectivity index is 1.69. The number of benzene rings is 1. The summed E-state index contributed by atoms with van der Waals surface area (Å²) in [5.74, 6) is 0.421. The summed E-state index contributed by atoms with van der Waals surface area (Å²) in [4.78, 5) is 34.7. The number of pyridine rings is 1. The number of nitrogens with zero attached hydrogens (tertiary/aromatic N) is 3. The van der Waals surface area contributed by atoms with Gasteiger partial charge in [0, 0.05) is 25.7 Å². The Kier molecular flexibility index (Phi) is 3.91. The molecule has 7 nitrogen and oxygen atoms in total. The minimum absolute atomic E-state index is 0.113. The highest BCUT2D eigenvalue weighted by Crippen LogP contribution is 2.45. The third-order valence-electron chi connectivity index (χ3n) is 5.79. The lowest BCUT2D eigenvalue weighted by atomic mass is 9.86. The molecule has 1 fully saturated rings. The van der Waals surface area contributed by atoms with Crippen molar-refractivity contribution in [1.82, 2.24) is 14.8 Å². The second kappa shape index (κ2) is 6.48. The molecule has 1 aromatic carbocycles. The van der Waals surface area contributed by atoms with Crippen LogP contribution in [0, 0.1) is 0 Å². The fourth-order valence-corrected chi connectivity index (χ4v) is 4.41. The van der Waals surface area contributed by atoms with Gasteiger partial charge in [-0.05, 0) is 35.9 Å². The first-order chi connectivity index (χ1) is 14.1. The van der Waals surface area contributed by atoms with Crippen LogP contribution in [-0.2, 0) is 12.1 Å². The smallest absolute Gasteiger partial charge is 0.259 e. The van der Waals surface area contributed by atoms with E-state index in [4.69, 9.17) is 9.15 Å². The normalized spacial score (nSPS) is 20.4. The van der Waals surface area contributed by atoms with Crippen LogP contribution in [0.15, 0.2) is 65.6 Å². The molecule has 146 valence electrons. The summed E-state index contributed by atoms with van der Waals surface area (Å²) >= 11 is 0. The van der Waals surface area contributed by atoms with Gasteiger partial charge in [-0.3, -0.25) is 14.6 Å². The molecule has 29 heavy (non-hydrogen) atoms. The number of furan rings is 1. The number of carbonyl (C=O) groups is 2. The number of ether oxygens (including phenoxy) is 1. The van der Waals surface area contributed by atoms with Gasteiger partial charge in [-0.15, -0.1) is 0 Å². The standard InChI is InChI=1S/C22H19N3O4/c1-28-17-6-4-16(5-7-17)22-13-19-18(3-2-9-23-19)21(27)25(22)11-10-24(22)20(26)15-8-12-29-14-15/h2-9,12,14H,10-11,13H2,1H3/t22-/m1/s1. The number of methoxy groups -OCH3 is 1. The topological polar surface area (TPSA) is 75.9 Å². The van der Waals surface area contributed by atoms with Crippen LogP contribution in [0.2, 0.25) is 0 Å². The van der Waals surface area contributed by atoms with Crippen LogP contribution in [0.1, 0.15) is 32.0 Å². The van der Waals surface area contributed by atoms with E-state index in [-0.39, 0.29) is 11.8 Å². The Hall–Kier alpha value is -3.61. The first kappa shape index (κ1) is 17.5. The maximum absolute atomic E-state index is 13.4. The number of hydrogen-bond donors (Lipinski definition) is 0. The minimum Gasteiger partial charge on any atom is -0.497 e. The van der Waals surface area contributed by atoms with E-state index in [0.717, 1.165) is 5.56 Å². The second-order valence-corrected chi connectivity index (χ2v) is 7.15. The van der Waals surface area contributed by atoms with Gasteiger partial charge in [-0.1, -0.05) is 12.1 Å². The number of fused-ring (bicyclic) bond motifs is 2. The first-order valence-corrected chi connectivity index (χ1v) is 9.40. The highest BCUT2D eigenvalue weighted by Gasteiger charge is 2.56. The molecule has 0 N–H and O–H groups in total. The van der Waals surface area contributed by atoms with Crippen LogP contribution >= 0.6 is 0 Å². The van der Waals surface area contributed by atoms with Crippen molar-refractivity contribution in [3.8, 4) is 5.75 Å². The van der Waals surface area contributed by atoms with Crippen LogP contribution in [-0.4, -0.2) is 46.8 Å². The molecule has 2 amide bonds. The number of rotatable bonds is 3. The highest BCUT2D eigenvalue weighted by atomic mass is 16.5. The minimum atomic E-state index is -0.945. The number of carbonyl (C=O) groups excluding carboxylic acids is 2. The monoisotopic (exact) mass is 389 g/mol. The average Bonchev–Trinajstić information content (AvgIpc) is 3.43. The van der Waals surface area contributed by atoms with E-state index in [9.17, 15) is 9.59 Å². The second-order valence-electron chi connectivity index (χ2n) is 7.15. The lowest BCUT2D eigenvalue weighted by molar-refractivity contribution is 0.00700. The van der Waals surface area contributed by atoms with Gasteiger partial charge >= 0.3 is 0 Å². The molecule has 0 aliphatic carbocycles. The van der Waals surface area contributed by atoms with Crippen molar-refractivity contribution in [3.05, 3.63) is 83.6 Å². The Morgan fingerprint density at radius 2 is 2.00 bits per heavy atom. The van der Waals surface area contributed by atoms with Crippen LogP contribution in [0.4, 0.5) is 0 Å². The van der Waals surface area contributed by atoms with Crippen LogP contribution < -0.4 is 4.74 Å². The molecule has 1 saturated heterocycles. The van der Waals surface area contributed by atoms with Gasteiger partial charge < -0.3 is 19.0 Å². The Labute approximate surface area is 167 Å². The van der Waals surface area contributed by atoms with Gasteiger partial charge in [-0.25, -0.2) is 0 Å². The number of amides is 2. The van der Waals surface area contributed by atoms with E-state index in [2.05, 4.69) is 4.98 Å². The van der Waals surface area contributed by atoms with Crippen molar-refractivity contribution in [3.63, 3.8) is 0 Å². The average molecular weight is 389 g/mol. The molecule has 3 aromatic rings. The van der Waals surface area contributed by atoms with E-state index in [0.29, 0.717) is 42.1 Å². The van der Waals surface area contributed by atoms with Gasteiger partial charge in [0.25, 0.3) is 11.8 Å². The quantitative estimate of drug-likeness (QED) is 0.688. The molecule has 2 aromatic heterocycles. The van der Waals surface area contributed by atoms with Crippen molar-refractivity contribution in [2.45, 2.75) is 12.1 Å². The molecule has 0 spiro atoms. The van der Waals surface area contributed by atoms with Gasteiger partial charge in [0.2, 0.25) is 0 Å². The summed E-state index contributed by atoms with van der Waals surface area (Å²) in [5.41, 5.74) is 1.64. The number of hydrogen-bond acceptors (Lipinski definition) is 5. The van der Waals surface area contributed by atoms with E-state index in [1.807, 2.05) is 24.3 Å². The van der Waals surface area contributed by atoms with Gasteiger partial charge in [0.1, 0.15) is 17.7 Å². The predicted molar refractivity (Wildman–Crippen MR) is 103 cm³/mol. The van der Waals surface area contributed by atoms with E-state index in [1.165, 1.54) is 12.5 Å². The maximum atomic E-state index is 13.4. The third-order valence-corrected chi connectivity index (χ3v) is 5.79. The molecule has 7 heteroatoms. The van der Waals surface area contributed by atoms with E-state index >= 15 is 0 Å². The van der Waals surface area contributed by atoms with Gasteiger partial charge in [0.15, 0.2) is 0 Å². The maximum Gasteiger partial charge on any atom is 0.259 e. The van der Waals surface area contributed by atoms with Crippen molar-refractivity contribution < 1.29 is 18.7 Å². The summed E-state index contributed by atoms with van der Waals surface area (Å²) in [6, 6.07) is 12.7. The van der Waals surface area contributed by atoms with Gasteiger partial charge in [0.05, 0.1) is 30.2 Å². The zero-order valence-electron chi connectivity index (χ0n) is 15.9. The molecule has 5 rings (SSSR count). The molecule has 0 saturated carbocycles. The lowest BCUT2D eigenvalue weighted by Gasteiger charge is -2.46. The van der Waals surface area contributed by atoms with Crippen LogP contribution in [0.5, 0.6) is 5.75 Å². The third kappa shape index (κ3) is 2.47. The molecule has 1 atom stereocenters. The van der Waals surface area contributed by atoms with E-state index < -0.39 is 5.66 Å². The van der Waals surface area contributed by atoms with Crippen molar-refractivity contribution in [1.29, 1.82) is 0 Å². The Morgan fingerprint density at radius 3 is 2.72 bits per heavy atom. The zero-order chi connectivity index (χ0) is 20.0. The summed E-state index contributed by atoms with van der Waals surface area (Å²) < 4.78 is 10.4. The highest BCUT2D eigenvalue weighted by molar-refractivity contribution is 6.00. The van der Waals surface area contributed by atoms with Crippen molar-refractivity contribution >= 4 is 11.8 Å². The van der Waals surface area contributed by atoms with Crippen molar-refractivity contribution in [2.24, 2.45) is 0 Å². The summed E-state index contributed by atoms with van der Waals surface area (Å²) in [6.45, 7) is 0.874. The molecule has 0 radical (unpaired) electrons. The lowest BCUT2D eigenvalue weighted by Crippen LogP contribution is -2.58. The largest absolute Gasteiger partial charge is 0.497 e.